The van der Waals surface area contributed by atoms with Gasteiger partial charge in [0.25, 0.3) is 0 Å². The summed E-state index contributed by atoms with van der Waals surface area (Å²) in [5, 5.41) is 0. The van der Waals surface area contributed by atoms with Crippen molar-refractivity contribution in [2.45, 2.75) is 85.3 Å². The van der Waals surface area contributed by atoms with Crippen molar-refractivity contribution in [3.8, 4) is 11.8 Å². The summed E-state index contributed by atoms with van der Waals surface area (Å²) in [6.45, 7) is 26.4. The monoisotopic (exact) mass is 369 g/mol. The highest BCUT2D eigenvalue weighted by molar-refractivity contribution is 6.89. The molecule has 0 amide bonds. The third-order valence-corrected chi connectivity index (χ3v) is 12.0. The van der Waals surface area contributed by atoms with Crippen LogP contribution in [-0.2, 0) is 4.43 Å². The summed E-state index contributed by atoms with van der Waals surface area (Å²) < 4.78 is 9.03. The van der Waals surface area contributed by atoms with Crippen molar-refractivity contribution in [2.24, 2.45) is 0 Å². The maximum absolute atomic E-state index is 6.31. The van der Waals surface area contributed by atoms with Gasteiger partial charge in [0.1, 0.15) is 22.6 Å². The molecule has 0 aromatic carbocycles. The summed E-state index contributed by atoms with van der Waals surface area (Å²) in [5.41, 5.74) is 1.26. The fourth-order valence-corrected chi connectivity index (χ4v) is 12.8. The van der Waals surface area contributed by atoms with Gasteiger partial charge in [-0.1, -0.05) is 64.1 Å². The SMILES string of the molecule is CCC=C(C)C(C#CCN([Si](C)(C)C)[Si](C)(C)C)O[Si](C)(C)C. The standard InChI is InChI=1S/C18H39NOSi3/c1-12-14-17(2)18(20-23(9,10)11)15-13-16-19(21(3,4)5)22(6,7)8/h14,18H,12,16H2,1-11H3. The zero-order valence-electron chi connectivity index (χ0n) is 17.4. The van der Waals surface area contributed by atoms with Crippen LogP contribution in [-0.4, -0.2) is 41.7 Å². The largest absolute Gasteiger partial charge is 0.401 e. The molecular weight excluding hydrogens is 330 g/mol. The molecule has 0 saturated carbocycles. The Morgan fingerprint density at radius 3 is 1.83 bits per heavy atom. The van der Waals surface area contributed by atoms with Gasteiger partial charge in [0.05, 0.1) is 0 Å². The lowest BCUT2D eigenvalue weighted by Gasteiger charge is -2.42. The van der Waals surface area contributed by atoms with Gasteiger partial charge < -0.3 is 8.66 Å². The van der Waals surface area contributed by atoms with Gasteiger partial charge >= 0.3 is 0 Å². The highest BCUT2D eigenvalue weighted by Crippen LogP contribution is 2.19. The van der Waals surface area contributed by atoms with E-state index in [0.717, 1.165) is 13.0 Å². The number of rotatable bonds is 7. The van der Waals surface area contributed by atoms with Gasteiger partial charge in [-0.3, -0.25) is 0 Å². The Kier molecular flexibility index (Phi) is 8.77. The molecule has 1 unspecified atom stereocenters. The number of nitrogens with zero attached hydrogens (tertiary/aromatic N) is 1. The van der Waals surface area contributed by atoms with Crippen molar-refractivity contribution >= 4 is 24.8 Å². The molecule has 1 atom stereocenters. The Morgan fingerprint density at radius 1 is 1.00 bits per heavy atom. The van der Waals surface area contributed by atoms with E-state index in [0.29, 0.717) is 0 Å². The first kappa shape index (κ1) is 22.9. The Morgan fingerprint density at radius 2 is 1.48 bits per heavy atom. The molecule has 0 spiro atoms. The predicted molar refractivity (Wildman–Crippen MR) is 113 cm³/mol. The smallest absolute Gasteiger partial charge is 0.185 e. The molecule has 0 rings (SSSR count). The van der Waals surface area contributed by atoms with E-state index >= 15 is 0 Å². The summed E-state index contributed by atoms with van der Waals surface area (Å²) in [6, 6.07) is 0. The van der Waals surface area contributed by atoms with E-state index in [-0.39, 0.29) is 6.10 Å². The molecule has 0 N–H and O–H groups in total. The van der Waals surface area contributed by atoms with Gasteiger partial charge in [-0.25, -0.2) is 0 Å². The van der Waals surface area contributed by atoms with Crippen molar-refractivity contribution in [1.29, 1.82) is 0 Å². The van der Waals surface area contributed by atoms with Crippen LogP contribution in [0.2, 0.25) is 58.9 Å². The Hall–Kier alpha value is -0.129. The third-order valence-electron chi connectivity index (χ3n) is 3.50. The first-order valence-electron chi connectivity index (χ1n) is 8.79. The molecular formula is C18H39NOSi3. The molecule has 0 saturated heterocycles. The molecule has 0 aliphatic rings. The number of allylic oxidation sites excluding steroid dienone is 1. The van der Waals surface area contributed by atoms with E-state index in [2.05, 4.69) is 94.9 Å². The summed E-state index contributed by atoms with van der Waals surface area (Å²) >= 11 is 0. The molecule has 0 aliphatic heterocycles. The first-order chi connectivity index (χ1) is 10.2. The van der Waals surface area contributed by atoms with Crippen LogP contribution in [0.15, 0.2) is 11.6 Å². The average Bonchev–Trinajstić information content (AvgIpc) is 2.28. The van der Waals surface area contributed by atoms with Crippen LogP contribution in [0.3, 0.4) is 0 Å². The molecule has 0 fully saturated rings. The van der Waals surface area contributed by atoms with Crippen LogP contribution in [0.5, 0.6) is 0 Å². The molecule has 0 radical (unpaired) electrons. The van der Waals surface area contributed by atoms with Crippen LogP contribution >= 0.6 is 0 Å². The lowest BCUT2D eigenvalue weighted by Crippen LogP contribution is -2.59. The Bertz CT molecular complexity index is 442. The molecule has 23 heavy (non-hydrogen) atoms. The zero-order valence-corrected chi connectivity index (χ0v) is 20.4. The third kappa shape index (κ3) is 9.68. The van der Waals surface area contributed by atoms with Crippen LogP contribution in [0, 0.1) is 11.8 Å². The highest BCUT2D eigenvalue weighted by atomic mass is 28.4. The van der Waals surface area contributed by atoms with Crippen LogP contribution in [0.25, 0.3) is 0 Å². The maximum Gasteiger partial charge on any atom is 0.185 e. The minimum absolute atomic E-state index is 0.0354. The van der Waals surface area contributed by atoms with Crippen molar-refractivity contribution < 1.29 is 4.43 Å². The lowest BCUT2D eigenvalue weighted by atomic mass is 10.1. The fraction of sp³-hybridized carbons (Fsp3) is 0.778. The summed E-state index contributed by atoms with van der Waals surface area (Å²) in [4.78, 5) is 0. The fourth-order valence-electron chi connectivity index (χ4n) is 2.72. The van der Waals surface area contributed by atoms with Crippen LogP contribution in [0.1, 0.15) is 20.3 Å². The van der Waals surface area contributed by atoms with Crippen molar-refractivity contribution in [2.75, 3.05) is 6.54 Å². The second-order valence-corrected chi connectivity index (χ2v) is 23.9. The maximum atomic E-state index is 6.31. The van der Waals surface area contributed by atoms with E-state index < -0.39 is 24.8 Å². The molecule has 2 nitrogen and oxygen atoms in total. The van der Waals surface area contributed by atoms with E-state index in [1.165, 1.54) is 5.57 Å². The summed E-state index contributed by atoms with van der Waals surface area (Å²) in [5.74, 6) is 6.89. The van der Waals surface area contributed by atoms with Crippen molar-refractivity contribution in [3.63, 3.8) is 0 Å². The predicted octanol–water partition coefficient (Wildman–Crippen LogP) is 5.54. The number of hydrogen-bond acceptors (Lipinski definition) is 2. The van der Waals surface area contributed by atoms with Gasteiger partial charge in [0.15, 0.2) is 8.32 Å². The Balaban J connectivity index is 5.30. The normalized spacial score (nSPS) is 15.4. The molecule has 0 aromatic rings. The molecule has 0 aromatic heterocycles. The molecule has 134 valence electrons. The van der Waals surface area contributed by atoms with Gasteiger partial charge in [-0.05, 0) is 38.6 Å². The number of hydrogen-bond donors (Lipinski definition) is 0. The highest BCUT2D eigenvalue weighted by Gasteiger charge is 2.33. The van der Waals surface area contributed by atoms with Gasteiger partial charge in [0.2, 0.25) is 0 Å². The van der Waals surface area contributed by atoms with E-state index in [1.807, 2.05) is 0 Å². The minimum atomic E-state index is -1.60. The summed E-state index contributed by atoms with van der Waals surface area (Å²) in [7, 11) is -4.28. The van der Waals surface area contributed by atoms with Crippen LogP contribution in [0.4, 0.5) is 0 Å². The second kappa shape index (κ2) is 8.82. The van der Waals surface area contributed by atoms with Gasteiger partial charge in [-0.15, -0.1) is 0 Å². The molecule has 0 bridgehead atoms. The lowest BCUT2D eigenvalue weighted by molar-refractivity contribution is 0.285. The summed E-state index contributed by atoms with van der Waals surface area (Å²) in [6.07, 6.45) is 3.25. The van der Waals surface area contributed by atoms with E-state index in [9.17, 15) is 0 Å². The van der Waals surface area contributed by atoms with Crippen molar-refractivity contribution in [3.05, 3.63) is 11.6 Å². The van der Waals surface area contributed by atoms with E-state index in [1.54, 1.807) is 0 Å². The minimum Gasteiger partial charge on any atom is -0.401 e. The molecule has 5 heteroatoms. The van der Waals surface area contributed by atoms with Crippen LogP contribution < -0.4 is 0 Å². The average molecular weight is 370 g/mol. The zero-order chi connectivity index (χ0) is 18.5. The molecule has 0 heterocycles. The quantitative estimate of drug-likeness (QED) is 0.332. The topological polar surface area (TPSA) is 12.5 Å². The van der Waals surface area contributed by atoms with Gasteiger partial charge in [-0.2, -0.15) is 0 Å². The first-order valence-corrected chi connectivity index (χ1v) is 19.1. The van der Waals surface area contributed by atoms with Crippen molar-refractivity contribution in [1.82, 2.24) is 4.23 Å². The Labute approximate surface area is 149 Å². The van der Waals surface area contributed by atoms with Gasteiger partial charge in [0, 0.05) is 6.54 Å². The van der Waals surface area contributed by atoms with E-state index in [4.69, 9.17) is 4.43 Å². The second-order valence-electron chi connectivity index (χ2n) is 9.22. The molecule has 0 aliphatic carbocycles.